The van der Waals surface area contributed by atoms with Gasteiger partial charge in [0.05, 0.1) is 12.2 Å². The van der Waals surface area contributed by atoms with Gasteiger partial charge in [-0.05, 0) is 45.1 Å². The second-order valence-corrected chi connectivity index (χ2v) is 6.21. The number of carbonyl (C=O) groups is 2. The monoisotopic (exact) mass is 353 g/mol. The summed E-state index contributed by atoms with van der Waals surface area (Å²) in [7, 11) is 0. The molecule has 0 aliphatic heterocycles. The zero-order valence-corrected chi connectivity index (χ0v) is 15.2. The van der Waals surface area contributed by atoms with Crippen LogP contribution in [0.3, 0.4) is 0 Å². The van der Waals surface area contributed by atoms with E-state index in [1.807, 2.05) is 13.0 Å². The predicted molar refractivity (Wildman–Crippen MR) is 91.3 cm³/mol. The number of esters is 2. The van der Waals surface area contributed by atoms with Gasteiger partial charge in [0.15, 0.2) is 5.69 Å². The van der Waals surface area contributed by atoms with Crippen LogP contribution in [0.15, 0.2) is 18.2 Å². The topological polar surface area (TPSA) is 100 Å². The lowest BCUT2D eigenvalue weighted by Crippen LogP contribution is -2.99. The molecule has 0 spiro atoms. The van der Waals surface area contributed by atoms with Crippen molar-refractivity contribution in [3.63, 3.8) is 0 Å². The molecule has 0 aliphatic carbocycles. The van der Waals surface area contributed by atoms with E-state index in [0.717, 1.165) is 5.56 Å². The third-order valence-corrected chi connectivity index (χ3v) is 3.80. The Balaban J connectivity index is 2.72. The normalized spacial score (nSPS) is 14.5. The van der Waals surface area contributed by atoms with Crippen LogP contribution in [0.2, 0.25) is 0 Å². The summed E-state index contributed by atoms with van der Waals surface area (Å²) >= 11 is 0. The molecular formula is C18H27NO6. The molecule has 0 aromatic heterocycles. The molecule has 25 heavy (non-hydrogen) atoms. The molecule has 7 nitrogen and oxygen atoms in total. The Morgan fingerprint density at radius 2 is 1.60 bits per heavy atom. The molecule has 0 bridgehead atoms. The summed E-state index contributed by atoms with van der Waals surface area (Å²) in [5.74, 6) is -0.667. The van der Waals surface area contributed by atoms with Gasteiger partial charge in [0.25, 0.3) is 0 Å². The Bertz CT molecular complexity index is 587. The quantitative estimate of drug-likeness (QED) is 0.519. The minimum absolute atomic E-state index is 0.213. The van der Waals surface area contributed by atoms with E-state index in [9.17, 15) is 20.0 Å². The average Bonchev–Trinajstić information content (AvgIpc) is 2.49. The van der Waals surface area contributed by atoms with E-state index in [1.165, 1.54) is 13.8 Å². The van der Waals surface area contributed by atoms with Crippen molar-refractivity contribution < 1.29 is 29.5 Å². The van der Waals surface area contributed by atoms with Gasteiger partial charge in [0.1, 0.15) is 0 Å². The highest BCUT2D eigenvalue weighted by molar-refractivity contribution is 5.66. The Kier molecular flexibility index (Phi) is 8.54. The highest BCUT2D eigenvalue weighted by Crippen LogP contribution is 2.19. The first-order valence-corrected chi connectivity index (χ1v) is 8.38. The molecule has 0 aliphatic rings. The number of rotatable bonds is 9. The van der Waals surface area contributed by atoms with Crippen molar-refractivity contribution in [2.24, 2.45) is 0 Å². The summed E-state index contributed by atoms with van der Waals surface area (Å²) < 4.78 is 10.1. The smallest absolute Gasteiger partial charge is 0.302 e. The number of ether oxygens (including phenoxy) is 2. The van der Waals surface area contributed by atoms with E-state index in [4.69, 9.17) is 9.47 Å². The van der Waals surface area contributed by atoms with Crippen LogP contribution in [0.5, 0.6) is 0 Å². The van der Waals surface area contributed by atoms with Crippen LogP contribution in [-0.2, 0) is 31.9 Å². The Hall–Kier alpha value is -1.96. The summed E-state index contributed by atoms with van der Waals surface area (Å²) in [6, 6.07) is 5.35. The molecule has 0 saturated heterocycles. The first-order chi connectivity index (χ1) is 11.7. The second kappa shape index (κ2) is 10.1. The van der Waals surface area contributed by atoms with Crippen molar-refractivity contribution in [3.8, 4) is 0 Å². The lowest BCUT2D eigenvalue weighted by atomic mass is 10.00. The van der Waals surface area contributed by atoms with Gasteiger partial charge in [-0.25, -0.2) is 5.21 Å². The number of hydrogen-bond donors (Lipinski definition) is 2. The van der Waals surface area contributed by atoms with Crippen molar-refractivity contribution in [1.82, 2.24) is 0 Å². The molecule has 2 N–H and O–H groups in total. The molecule has 140 valence electrons. The van der Waals surface area contributed by atoms with Crippen LogP contribution in [0.1, 0.15) is 51.7 Å². The maximum Gasteiger partial charge on any atom is 0.302 e. The molecular weight excluding hydrogens is 326 g/mol. The van der Waals surface area contributed by atoms with E-state index in [0.29, 0.717) is 31.2 Å². The fourth-order valence-electron chi connectivity index (χ4n) is 2.61. The van der Waals surface area contributed by atoms with Gasteiger partial charge in [-0.2, -0.15) is 5.23 Å². The molecule has 7 heteroatoms. The first-order valence-electron chi connectivity index (χ1n) is 8.38. The van der Waals surface area contributed by atoms with Gasteiger partial charge >= 0.3 is 11.9 Å². The van der Waals surface area contributed by atoms with Crippen molar-refractivity contribution in [2.75, 3.05) is 0 Å². The largest absolute Gasteiger partial charge is 0.595 e. The summed E-state index contributed by atoms with van der Waals surface area (Å²) in [5, 5.41) is 20.0. The van der Waals surface area contributed by atoms with E-state index in [-0.39, 0.29) is 29.8 Å². The van der Waals surface area contributed by atoms with Crippen LogP contribution in [0.4, 0.5) is 5.69 Å². The molecule has 1 rings (SSSR count). The maximum atomic E-state index is 11.5. The van der Waals surface area contributed by atoms with Gasteiger partial charge in [-0.15, -0.1) is 0 Å². The maximum absolute atomic E-state index is 11.5. The first kappa shape index (κ1) is 21.1. The van der Waals surface area contributed by atoms with Gasteiger partial charge < -0.3 is 14.7 Å². The molecule has 0 heterocycles. The molecule has 0 radical (unpaired) electrons. The minimum Gasteiger partial charge on any atom is -0.595 e. The molecule has 0 amide bonds. The van der Waals surface area contributed by atoms with Crippen molar-refractivity contribution >= 4 is 17.6 Å². The SMILES string of the molecule is CC(=O)O[C@H](C)CCc1ccc(CC[C@@H](C)OC(C)=O)c([NH+]([O-])O)c1. The summed E-state index contributed by atoms with van der Waals surface area (Å²) in [6.45, 7) is 6.31. The summed E-state index contributed by atoms with van der Waals surface area (Å²) in [4.78, 5) is 21.8. The Morgan fingerprint density at radius 1 is 1.08 bits per heavy atom. The second-order valence-electron chi connectivity index (χ2n) is 6.21. The van der Waals surface area contributed by atoms with Gasteiger partial charge in [0.2, 0.25) is 0 Å². The highest BCUT2D eigenvalue weighted by atomic mass is 16.8. The van der Waals surface area contributed by atoms with Crippen LogP contribution < -0.4 is 5.23 Å². The van der Waals surface area contributed by atoms with E-state index in [1.54, 1.807) is 19.1 Å². The van der Waals surface area contributed by atoms with Gasteiger partial charge in [-0.3, -0.25) is 9.59 Å². The molecule has 3 atom stereocenters. The van der Waals surface area contributed by atoms with E-state index < -0.39 is 5.23 Å². The third-order valence-electron chi connectivity index (χ3n) is 3.80. The van der Waals surface area contributed by atoms with Crippen LogP contribution in [0.25, 0.3) is 0 Å². The lowest BCUT2D eigenvalue weighted by Gasteiger charge is -2.19. The third kappa shape index (κ3) is 8.11. The van der Waals surface area contributed by atoms with Gasteiger partial charge in [-0.1, -0.05) is 12.1 Å². The van der Waals surface area contributed by atoms with Gasteiger partial charge in [0, 0.05) is 25.5 Å². The zero-order valence-electron chi connectivity index (χ0n) is 15.2. The minimum atomic E-state index is -0.981. The number of benzene rings is 1. The Labute approximate surface area is 148 Å². The fourth-order valence-corrected chi connectivity index (χ4v) is 2.61. The summed E-state index contributed by atoms with van der Waals surface area (Å²) in [6.07, 6.45) is 1.85. The van der Waals surface area contributed by atoms with Crippen LogP contribution >= 0.6 is 0 Å². The molecule has 1 aromatic carbocycles. The molecule has 0 fully saturated rings. The molecule has 0 saturated carbocycles. The number of nitrogens with one attached hydrogen (secondary N) is 1. The Morgan fingerprint density at radius 3 is 2.08 bits per heavy atom. The van der Waals surface area contributed by atoms with Crippen molar-refractivity contribution in [2.45, 2.75) is 65.6 Å². The van der Waals surface area contributed by atoms with E-state index in [2.05, 4.69) is 0 Å². The fraction of sp³-hybridized carbons (Fsp3) is 0.556. The van der Waals surface area contributed by atoms with Crippen LogP contribution in [0, 0.1) is 5.21 Å². The average molecular weight is 353 g/mol. The van der Waals surface area contributed by atoms with Crippen molar-refractivity contribution in [1.29, 1.82) is 0 Å². The zero-order chi connectivity index (χ0) is 19.0. The standard InChI is InChI=1S/C18H27NO6/c1-12(24-14(3)20)5-7-16-8-10-17(18(11-16)19(22)23)9-6-13(2)25-15(4)21/h8,10-13,19,22H,5-7,9H2,1-4H3/t12-,13-/m1/s1. The summed E-state index contributed by atoms with van der Waals surface area (Å²) in [5.41, 5.74) is 1.85. The lowest BCUT2D eigenvalue weighted by molar-refractivity contribution is -0.991. The van der Waals surface area contributed by atoms with Crippen molar-refractivity contribution in [3.05, 3.63) is 34.5 Å². The number of hydrogen-bond acceptors (Lipinski definition) is 6. The number of aryl methyl sites for hydroxylation is 2. The predicted octanol–water partition coefficient (Wildman–Crippen LogP) is 1.86. The van der Waals surface area contributed by atoms with Crippen LogP contribution in [-0.4, -0.2) is 29.4 Å². The number of quaternary nitrogens is 1. The van der Waals surface area contributed by atoms with E-state index >= 15 is 0 Å². The number of carbonyl (C=O) groups excluding carboxylic acids is 2. The molecule has 1 aromatic rings. The highest BCUT2D eigenvalue weighted by Gasteiger charge is 2.14. The molecule has 1 unspecified atom stereocenters.